The zero-order chi connectivity index (χ0) is 14.8. The first-order valence-corrected chi connectivity index (χ1v) is 9.51. The lowest BCUT2D eigenvalue weighted by molar-refractivity contribution is 0.262. The molecule has 2 rings (SSSR count). The topological polar surface area (TPSA) is 37.4 Å². The summed E-state index contributed by atoms with van der Waals surface area (Å²) >= 11 is 9.37. The van der Waals surface area contributed by atoms with E-state index < -0.39 is 10.0 Å². The second-order valence-electron chi connectivity index (χ2n) is 5.21. The van der Waals surface area contributed by atoms with Gasteiger partial charge in [-0.2, -0.15) is 4.31 Å². The standard InChI is InChI=1S/C14H19BrClNO2S/c1-2-3-11-6-8-17(9-7-11)20(18,19)14-5-4-12(15)10-13(14)16/h4-5,10-11H,2-3,6-9H2,1H3. The molecule has 1 aliphatic heterocycles. The van der Waals surface area contributed by atoms with Gasteiger partial charge >= 0.3 is 0 Å². The predicted molar refractivity (Wildman–Crippen MR) is 85.5 cm³/mol. The van der Waals surface area contributed by atoms with E-state index >= 15 is 0 Å². The van der Waals surface area contributed by atoms with Crippen molar-refractivity contribution in [3.05, 3.63) is 27.7 Å². The van der Waals surface area contributed by atoms with Crippen molar-refractivity contribution in [3.8, 4) is 0 Å². The van der Waals surface area contributed by atoms with Crippen molar-refractivity contribution in [2.45, 2.75) is 37.5 Å². The van der Waals surface area contributed by atoms with E-state index in [1.807, 2.05) is 0 Å². The van der Waals surface area contributed by atoms with Crippen molar-refractivity contribution in [2.24, 2.45) is 5.92 Å². The molecule has 20 heavy (non-hydrogen) atoms. The molecule has 1 heterocycles. The van der Waals surface area contributed by atoms with Crippen LogP contribution in [0.1, 0.15) is 32.6 Å². The lowest BCUT2D eigenvalue weighted by atomic mass is 9.94. The Morgan fingerprint density at radius 2 is 2.00 bits per heavy atom. The zero-order valence-corrected chi connectivity index (χ0v) is 14.6. The van der Waals surface area contributed by atoms with Gasteiger partial charge in [0.15, 0.2) is 0 Å². The van der Waals surface area contributed by atoms with Gasteiger partial charge in [0.1, 0.15) is 4.90 Å². The van der Waals surface area contributed by atoms with Crippen molar-refractivity contribution in [3.63, 3.8) is 0 Å². The Kier molecular flexibility index (Phi) is 5.51. The van der Waals surface area contributed by atoms with Gasteiger partial charge in [-0.3, -0.25) is 0 Å². The zero-order valence-electron chi connectivity index (χ0n) is 11.5. The van der Waals surface area contributed by atoms with Crippen LogP contribution >= 0.6 is 27.5 Å². The van der Waals surface area contributed by atoms with Gasteiger partial charge in [-0.25, -0.2) is 8.42 Å². The molecular weight excluding hydrogens is 362 g/mol. The molecule has 1 aromatic carbocycles. The van der Waals surface area contributed by atoms with Gasteiger partial charge < -0.3 is 0 Å². The van der Waals surface area contributed by atoms with Crippen LogP contribution in [0.15, 0.2) is 27.6 Å². The number of hydrogen-bond acceptors (Lipinski definition) is 2. The number of rotatable bonds is 4. The van der Waals surface area contributed by atoms with Crippen LogP contribution in [0.25, 0.3) is 0 Å². The molecule has 1 fully saturated rings. The maximum Gasteiger partial charge on any atom is 0.244 e. The van der Waals surface area contributed by atoms with Crippen molar-refractivity contribution >= 4 is 37.6 Å². The second kappa shape index (κ2) is 6.77. The summed E-state index contributed by atoms with van der Waals surface area (Å²) in [6.45, 7) is 3.36. The Labute approximate surface area is 134 Å². The quantitative estimate of drug-likeness (QED) is 0.781. The van der Waals surface area contributed by atoms with E-state index in [9.17, 15) is 8.42 Å². The van der Waals surface area contributed by atoms with Gasteiger partial charge in [-0.1, -0.05) is 47.3 Å². The first-order valence-electron chi connectivity index (χ1n) is 6.90. The van der Waals surface area contributed by atoms with Gasteiger partial charge in [0.05, 0.1) is 5.02 Å². The molecule has 3 nitrogen and oxygen atoms in total. The van der Waals surface area contributed by atoms with Gasteiger partial charge in [0.25, 0.3) is 0 Å². The fourth-order valence-electron chi connectivity index (χ4n) is 2.67. The van der Waals surface area contributed by atoms with Crippen LogP contribution in [0.4, 0.5) is 0 Å². The number of hydrogen-bond donors (Lipinski definition) is 0. The molecule has 0 aromatic heterocycles. The monoisotopic (exact) mass is 379 g/mol. The molecule has 6 heteroatoms. The molecule has 0 N–H and O–H groups in total. The number of halogens is 2. The predicted octanol–water partition coefficient (Wildman–Crippen LogP) is 4.30. The Balaban J connectivity index is 2.15. The summed E-state index contributed by atoms with van der Waals surface area (Å²) in [5, 5.41) is 0.273. The number of sulfonamides is 1. The van der Waals surface area contributed by atoms with Crippen LogP contribution in [0.5, 0.6) is 0 Å². The maximum atomic E-state index is 12.6. The maximum absolute atomic E-state index is 12.6. The molecule has 0 aliphatic carbocycles. The van der Waals surface area contributed by atoms with Crippen molar-refractivity contribution in [2.75, 3.05) is 13.1 Å². The molecule has 0 unspecified atom stereocenters. The minimum atomic E-state index is -3.47. The van der Waals surface area contributed by atoms with Crippen LogP contribution < -0.4 is 0 Å². The van der Waals surface area contributed by atoms with E-state index in [1.54, 1.807) is 22.5 Å². The third-order valence-electron chi connectivity index (χ3n) is 3.78. The molecule has 1 aromatic rings. The van der Waals surface area contributed by atoms with E-state index in [-0.39, 0.29) is 9.92 Å². The molecule has 0 amide bonds. The smallest absolute Gasteiger partial charge is 0.207 e. The molecule has 0 radical (unpaired) electrons. The van der Waals surface area contributed by atoms with Gasteiger partial charge in [0.2, 0.25) is 10.0 Å². The highest BCUT2D eigenvalue weighted by Gasteiger charge is 2.30. The van der Waals surface area contributed by atoms with Crippen molar-refractivity contribution in [1.82, 2.24) is 4.31 Å². The third kappa shape index (κ3) is 3.56. The fourth-order valence-corrected chi connectivity index (χ4v) is 5.15. The summed E-state index contributed by atoms with van der Waals surface area (Å²) in [4.78, 5) is 0.205. The normalized spacial score (nSPS) is 18.4. The van der Waals surface area contributed by atoms with E-state index in [2.05, 4.69) is 22.9 Å². The minimum Gasteiger partial charge on any atom is -0.207 e. The van der Waals surface area contributed by atoms with Crippen LogP contribution in [0, 0.1) is 5.92 Å². The molecule has 0 atom stereocenters. The Hall–Kier alpha value is -0.100. The SMILES string of the molecule is CCCC1CCN(S(=O)(=O)c2ccc(Br)cc2Cl)CC1. The highest BCUT2D eigenvalue weighted by molar-refractivity contribution is 9.10. The lowest BCUT2D eigenvalue weighted by Gasteiger charge is -2.31. The molecule has 1 aliphatic rings. The lowest BCUT2D eigenvalue weighted by Crippen LogP contribution is -2.38. The number of nitrogens with zero attached hydrogens (tertiary/aromatic N) is 1. The summed E-state index contributed by atoms with van der Waals surface area (Å²) in [5.41, 5.74) is 0. The summed E-state index contributed by atoms with van der Waals surface area (Å²) in [6.07, 6.45) is 4.24. The molecule has 0 saturated carbocycles. The highest BCUT2D eigenvalue weighted by atomic mass is 79.9. The number of benzene rings is 1. The molecule has 1 saturated heterocycles. The average Bonchev–Trinajstić information content (AvgIpc) is 2.39. The highest BCUT2D eigenvalue weighted by Crippen LogP contribution is 2.31. The molecule has 112 valence electrons. The van der Waals surface area contributed by atoms with E-state index in [0.717, 1.165) is 23.7 Å². The molecule has 0 spiro atoms. The van der Waals surface area contributed by atoms with Crippen LogP contribution in [0.3, 0.4) is 0 Å². The van der Waals surface area contributed by atoms with Crippen LogP contribution in [-0.2, 0) is 10.0 Å². The summed E-state index contributed by atoms with van der Waals surface area (Å²) in [5.74, 6) is 0.659. The number of piperidine rings is 1. The largest absolute Gasteiger partial charge is 0.244 e. The first kappa shape index (κ1) is 16.3. The summed E-state index contributed by atoms with van der Waals surface area (Å²) in [6, 6.07) is 4.90. The Morgan fingerprint density at radius 3 is 2.55 bits per heavy atom. The van der Waals surface area contributed by atoms with Crippen molar-refractivity contribution < 1.29 is 8.42 Å². The van der Waals surface area contributed by atoms with Crippen molar-refractivity contribution in [1.29, 1.82) is 0 Å². The fraction of sp³-hybridized carbons (Fsp3) is 0.571. The third-order valence-corrected chi connectivity index (χ3v) is 6.66. The van der Waals surface area contributed by atoms with E-state index in [0.29, 0.717) is 19.0 Å². The Bertz CT molecular complexity index is 569. The van der Waals surface area contributed by atoms with Gasteiger partial charge in [-0.15, -0.1) is 0 Å². The first-order chi connectivity index (χ1) is 9.45. The Morgan fingerprint density at radius 1 is 1.35 bits per heavy atom. The van der Waals surface area contributed by atoms with E-state index in [1.165, 1.54) is 6.42 Å². The average molecular weight is 381 g/mol. The van der Waals surface area contributed by atoms with Gasteiger partial charge in [-0.05, 0) is 37.0 Å². The van der Waals surface area contributed by atoms with Crippen LogP contribution in [-0.4, -0.2) is 25.8 Å². The van der Waals surface area contributed by atoms with E-state index in [4.69, 9.17) is 11.6 Å². The second-order valence-corrected chi connectivity index (χ2v) is 8.44. The molecule has 0 bridgehead atoms. The van der Waals surface area contributed by atoms with Crippen LogP contribution in [0.2, 0.25) is 5.02 Å². The minimum absolute atomic E-state index is 0.205. The summed E-state index contributed by atoms with van der Waals surface area (Å²) < 4.78 is 27.6. The molecular formula is C14H19BrClNO2S. The van der Waals surface area contributed by atoms with Gasteiger partial charge in [0, 0.05) is 17.6 Å². The summed E-state index contributed by atoms with van der Waals surface area (Å²) in [7, 11) is -3.47.